The standard InChI is InChI=1S/C23H17ClFNO4S2/c1-23(2,14-5-3-4-6-15(14)24)32-13-7-8-16(25)17(10-13)26-18(27)9-12-11-31-20(22(29)30)19(12)21(26)28/h3-8,10-11H,9H2,1-2H3,(H,29,30). The summed E-state index contributed by atoms with van der Waals surface area (Å²) in [5, 5.41) is 11.5. The maximum atomic E-state index is 14.8. The summed E-state index contributed by atoms with van der Waals surface area (Å²) >= 11 is 8.64. The number of carbonyl (C=O) groups is 3. The molecule has 0 spiro atoms. The van der Waals surface area contributed by atoms with E-state index >= 15 is 0 Å². The van der Waals surface area contributed by atoms with Gasteiger partial charge in [0, 0.05) is 14.7 Å². The van der Waals surface area contributed by atoms with Gasteiger partial charge in [-0.1, -0.05) is 29.8 Å². The number of anilines is 1. The van der Waals surface area contributed by atoms with Gasteiger partial charge in [0.15, 0.2) is 0 Å². The van der Waals surface area contributed by atoms with Crippen LogP contribution in [0.4, 0.5) is 10.1 Å². The molecule has 0 unspecified atom stereocenters. The van der Waals surface area contributed by atoms with Crippen LogP contribution in [0.5, 0.6) is 0 Å². The van der Waals surface area contributed by atoms with Crippen molar-refractivity contribution in [3.05, 3.63) is 80.3 Å². The summed E-state index contributed by atoms with van der Waals surface area (Å²) in [4.78, 5) is 38.5. The number of thioether (sulfide) groups is 1. The molecule has 1 aliphatic heterocycles. The second-order valence-electron chi connectivity index (χ2n) is 7.69. The number of carboxylic acid groups (broad SMARTS) is 1. The van der Waals surface area contributed by atoms with Crippen LogP contribution in [-0.2, 0) is 16.0 Å². The molecule has 164 valence electrons. The lowest BCUT2D eigenvalue weighted by Gasteiger charge is -2.28. The van der Waals surface area contributed by atoms with E-state index in [2.05, 4.69) is 0 Å². The van der Waals surface area contributed by atoms with Crippen molar-refractivity contribution in [3.8, 4) is 0 Å². The number of aromatic carboxylic acids is 1. The summed E-state index contributed by atoms with van der Waals surface area (Å²) in [6.07, 6.45) is -0.174. The Hall–Kier alpha value is -2.68. The van der Waals surface area contributed by atoms with Gasteiger partial charge in [-0.2, -0.15) is 0 Å². The highest BCUT2D eigenvalue weighted by Crippen LogP contribution is 2.44. The number of halogens is 2. The number of rotatable bonds is 5. The summed E-state index contributed by atoms with van der Waals surface area (Å²) in [6.45, 7) is 3.94. The lowest BCUT2D eigenvalue weighted by Crippen LogP contribution is -2.43. The fraction of sp³-hybridized carbons (Fsp3) is 0.174. The molecular weight excluding hydrogens is 473 g/mol. The highest BCUT2D eigenvalue weighted by atomic mass is 35.5. The van der Waals surface area contributed by atoms with E-state index in [1.54, 1.807) is 12.1 Å². The molecular formula is C23H17ClFNO4S2. The Morgan fingerprint density at radius 2 is 1.94 bits per heavy atom. The zero-order valence-electron chi connectivity index (χ0n) is 17.0. The average molecular weight is 490 g/mol. The molecule has 2 heterocycles. The summed E-state index contributed by atoms with van der Waals surface area (Å²) in [6, 6.07) is 11.6. The Morgan fingerprint density at radius 1 is 1.22 bits per heavy atom. The fourth-order valence-corrected chi connectivity index (χ4v) is 6.16. The Balaban J connectivity index is 1.72. The Bertz CT molecular complexity index is 1270. The maximum Gasteiger partial charge on any atom is 0.346 e. The first-order chi connectivity index (χ1) is 15.1. The van der Waals surface area contributed by atoms with Crippen molar-refractivity contribution in [1.29, 1.82) is 0 Å². The van der Waals surface area contributed by atoms with Gasteiger partial charge in [0.25, 0.3) is 5.91 Å². The molecule has 0 saturated heterocycles. The Kier molecular flexibility index (Phi) is 5.87. The smallest absolute Gasteiger partial charge is 0.346 e. The lowest BCUT2D eigenvalue weighted by atomic mass is 10.0. The normalized spacial score (nSPS) is 13.9. The minimum atomic E-state index is -1.26. The second kappa shape index (κ2) is 8.35. The third kappa shape index (κ3) is 3.94. The van der Waals surface area contributed by atoms with Crippen molar-refractivity contribution in [2.24, 2.45) is 0 Å². The minimum Gasteiger partial charge on any atom is -0.477 e. The minimum absolute atomic E-state index is 0.0593. The van der Waals surface area contributed by atoms with Crippen LogP contribution in [0.1, 0.15) is 45.0 Å². The van der Waals surface area contributed by atoms with Crippen LogP contribution in [0.25, 0.3) is 0 Å². The van der Waals surface area contributed by atoms with Crippen LogP contribution in [0.15, 0.2) is 52.7 Å². The number of amides is 2. The van der Waals surface area contributed by atoms with Crippen LogP contribution in [0, 0.1) is 5.82 Å². The third-order valence-electron chi connectivity index (χ3n) is 5.12. The number of imide groups is 1. The quantitative estimate of drug-likeness (QED) is 0.351. The predicted octanol–water partition coefficient (Wildman–Crippen LogP) is 6.00. The van der Waals surface area contributed by atoms with Gasteiger partial charge in [0.05, 0.1) is 17.7 Å². The molecule has 0 fully saturated rings. The number of benzene rings is 2. The molecule has 1 aliphatic rings. The van der Waals surface area contributed by atoms with Crippen LogP contribution >= 0.6 is 34.7 Å². The first-order valence-electron chi connectivity index (χ1n) is 9.54. The number of hydrogen-bond donors (Lipinski definition) is 1. The molecule has 1 N–H and O–H groups in total. The molecule has 0 atom stereocenters. The van der Waals surface area contributed by atoms with E-state index in [1.165, 1.54) is 29.3 Å². The van der Waals surface area contributed by atoms with Crippen molar-refractivity contribution in [3.63, 3.8) is 0 Å². The number of carboxylic acids is 1. The number of carbonyl (C=O) groups excluding carboxylic acids is 2. The number of nitrogens with zero attached hydrogens (tertiary/aromatic N) is 1. The van der Waals surface area contributed by atoms with Crippen LogP contribution in [0.3, 0.4) is 0 Å². The molecule has 2 aromatic carbocycles. The number of thiophene rings is 1. The Labute approximate surface area is 196 Å². The summed E-state index contributed by atoms with van der Waals surface area (Å²) in [5.74, 6) is -3.45. The van der Waals surface area contributed by atoms with E-state index in [9.17, 15) is 23.9 Å². The largest absolute Gasteiger partial charge is 0.477 e. The molecule has 1 aromatic heterocycles. The van der Waals surface area contributed by atoms with Gasteiger partial charge in [-0.05, 0) is 54.6 Å². The molecule has 3 aromatic rings. The molecule has 2 amide bonds. The van der Waals surface area contributed by atoms with Gasteiger partial charge >= 0.3 is 5.97 Å². The third-order valence-corrected chi connectivity index (χ3v) is 7.69. The number of hydrogen-bond acceptors (Lipinski definition) is 5. The van der Waals surface area contributed by atoms with E-state index in [1.807, 2.05) is 32.0 Å². The monoisotopic (exact) mass is 489 g/mol. The molecule has 0 bridgehead atoms. The van der Waals surface area contributed by atoms with Gasteiger partial charge in [-0.15, -0.1) is 23.1 Å². The van der Waals surface area contributed by atoms with Crippen molar-refractivity contribution >= 4 is 58.2 Å². The highest BCUT2D eigenvalue weighted by Gasteiger charge is 2.38. The topological polar surface area (TPSA) is 74.7 Å². The van der Waals surface area contributed by atoms with Crippen LogP contribution in [-0.4, -0.2) is 22.9 Å². The van der Waals surface area contributed by atoms with Crippen molar-refractivity contribution in [2.75, 3.05) is 4.90 Å². The molecule has 4 rings (SSSR count). The van der Waals surface area contributed by atoms with Gasteiger partial charge < -0.3 is 5.11 Å². The average Bonchev–Trinajstić information content (AvgIpc) is 3.14. The van der Waals surface area contributed by atoms with Gasteiger partial charge in [0.2, 0.25) is 5.91 Å². The summed E-state index contributed by atoms with van der Waals surface area (Å²) < 4.78 is 14.3. The molecule has 0 saturated carbocycles. The SMILES string of the molecule is CC(C)(Sc1ccc(F)c(N2C(=O)Cc3csc(C(=O)O)c3C2=O)c1)c1ccccc1Cl. The first-order valence-corrected chi connectivity index (χ1v) is 11.6. The first kappa shape index (κ1) is 22.5. The summed E-state index contributed by atoms with van der Waals surface area (Å²) in [5.41, 5.74) is 0.977. The van der Waals surface area contributed by atoms with E-state index in [-0.39, 0.29) is 22.5 Å². The van der Waals surface area contributed by atoms with E-state index < -0.39 is 28.3 Å². The number of fused-ring (bicyclic) bond motifs is 1. The van der Waals surface area contributed by atoms with Crippen molar-refractivity contribution < 1.29 is 23.9 Å². The molecule has 32 heavy (non-hydrogen) atoms. The van der Waals surface area contributed by atoms with Crippen molar-refractivity contribution in [2.45, 2.75) is 29.9 Å². The van der Waals surface area contributed by atoms with Gasteiger partial charge in [-0.25, -0.2) is 14.1 Å². The fourth-order valence-electron chi connectivity index (χ4n) is 3.65. The predicted molar refractivity (Wildman–Crippen MR) is 124 cm³/mol. The van der Waals surface area contributed by atoms with Gasteiger partial charge in [-0.3, -0.25) is 9.59 Å². The van der Waals surface area contributed by atoms with E-state index in [4.69, 9.17) is 11.6 Å². The maximum absolute atomic E-state index is 14.8. The van der Waals surface area contributed by atoms with Gasteiger partial charge in [0.1, 0.15) is 10.7 Å². The highest BCUT2D eigenvalue weighted by molar-refractivity contribution is 8.00. The van der Waals surface area contributed by atoms with E-state index in [0.29, 0.717) is 15.5 Å². The van der Waals surface area contributed by atoms with E-state index in [0.717, 1.165) is 21.8 Å². The second-order valence-corrected chi connectivity index (χ2v) is 10.7. The zero-order chi connectivity index (χ0) is 23.2. The molecule has 5 nitrogen and oxygen atoms in total. The summed E-state index contributed by atoms with van der Waals surface area (Å²) in [7, 11) is 0. The Morgan fingerprint density at radius 3 is 2.62 bits per heavy atom. The zero-order valence-corrected chi connectivity index (χ0v) is 19.4. The van der Waals surface area contributed by atoms with Crippen molar-refractivity contribution in [1.82, 2.24) is 0 Å². The molecule has 0 radical (unpaired) electrons. The molecule has 9 heteroatoms. The lowest BCUT2D eigenvalue weighted by molar-refractivity contribution is -0.117. The van der Waals surface area contributed by atoms with Crippen LogP contribution in [0.2, 0.25) is 5.02 Å². The van der Waals surface area contributed by atoms with Crippen LogP contribution < -0.4 is 4.90 Å². The molecule has 0 aliphatic carbocycles.